The smallest absolute Gasteiger partial charge is 0.137 e. The fourth-order valence-corrected chi connectivity index (χ4v) is 2.26. The van der Waals surface area contributed by atoms with Gasteiger partial charge in [0, 0.05) is 31.6 Å². The molecule has 0 saturated carbocycles. The molecule has 0 aliphatic carbocycles. The third-order valence-electron chi connectivity index (χ3n) is 3.24. The summed E-state index contributed by atoms with van der Waals surface area (Å²) in [5, 5.41) is 3.19. The molecule has 0 aromatic carbocycles. The predicted octanol–water partition coefficient (Wildman–Crippen LogP) is 3.40. The molecular formula is C15H28N4. The van der Waals surface area contributed by atoms with E-state index in [2.05, 4.69) is 49.8 Å². The first-order chi connectivity index (χ1) is 9.04. The highest BCUT2D eigenvalue weighted by atomic mass is 15.2. The molecule has 1 aromatic heterocycles. The molecule has 1 aromatic rings. The summed E-state index contributed by atoms with van der Waals surface area (Å²) < 4.78 is 0. The van der Waals surface area contributed by atoms with Crippen LogP contribution >= 0.6 is 0 Å². The van der Waals surface area contributed by atoms with Crippen molar-refractivity contribution in [1.29, 1.82) is 0 Å². The number of hydrogen-bond acceptors (Lipinski definition) is 4. The Bertz CT molecular complexity index is 401. The van der Waals surface area contributed by atoms with Crippen LogP contribution in [0.2, 0.25) is 0 Å². The van der Waals surface area contributed by atoms with E-state index < -0.39 is 0 Å². The minimum atomic E-state index is 0.452. The highest BCUT2D eigenvalue weighted by molar-refractivity contribution is 5.58. The standard InChI is InChI=1S/C15H28N4/c1-7-9-13-17-14(16-6)12(5)15(18-13)19(10-8-2)11(3)4/h11H,7-10H2,1-6H3,(H,16,17,18). The molecule has 0 fully saturated rings. The molecule has 0 unspecified atom stereocenters. The van der Waals surface area contributed by atoms with Gasteiger partial charge in [-0.25, -0.2) is 9.97 Å². The van der Waals surface area contributed by atoms with Gasteiger partial charge in [0.2, 0.25) is 0 Å². The molecule has 19 heavy (non-hydrogen) atoms. The Morgan fingerprint density at radius 3 is 2.32 bits per heavy atom. The van der Waals surface area contributed by atoms with Crippen molar-refractivity contribution in [1.82, 2.24) is 9.97 Å². The van der Waals surface area contributed by atoms with E-state index in [1.807, 2.05) is 7.05 Å². The lowest BCUT2D eigenvalue weighted by Crippen LogP contribution is -2.33. The van der Waals surface area contributed by atoms with Crippen LogP contribution in [0, 0.1) is 6.92 Å². The maximum absolute atomic E-state index is 4.79. The molecule has 4 heteroatoms. The average molecular weight is 264 g/mol. The van der Waals surface area contributed by atoms with Crippen LogP contribution in [0.15, 0.2) is 0 Å². The van der Waals surface area contributed by atoms with Crippen LogP contribution in [0.1, 0.15) is 51.9 Å². The van der Waals surface area contributed by atoms with Crippen molar-refractivity contribution in [3.63, 3.8) is 0 Å². The van der Waals surface area contributed by atoms with Gasteiger partial charge >= 0.3 is 0 Å². The van der Waals surface area contributed by atoms with Crippen molar-refractivity contribution in [2.75, 3.05) is 23.8 Å². The molecule has 108 valence electrons. The first-order valence-electron chi connectivity index (χ1n) is 7.36. The van der Waals surface area contributed by atoms with Crippen LogP contribution in [0.4, 0.5) is 11.6 Å². The number of rotatable bonds is 7. The molecule has 1 N–H and O–H groups in total. The molecular weight excluding hydrogens is 236 g/mol. The molecule has 0 atom stereocenters. The maximum Gasteiger partial charge on any atom is 0.137 e. The Balaban J connectivity index is 3.25. The van der Waals surface area contributed by atoms with Crippen LogP contribution in [0.5, 0.6) is 0 Å². The van der Waals surface area contributed by atoms with Gasteiger partial charge in [0.1, 0.15) is 17.5 Å². The van der Waals surface area contributed by atoms with E-state index in [4.69, 9.17) is 4.98 Å². The summed E-state index contributed by atoms with van der Waals surface area (Å²) in [7, 11) is 1.92. The van der Waals surface area contributed by atoms with Crippen molar-refractivity contribution in [3.8, 4) is 0 Å². The second-order valence-electron chi connectivity index (χ2n) is 5.22. The Hall–Kier alpha value is -1.32. The third kappa shape index (κ3) is 3.82. The Labute approximate surface area is 117 Å². The number of nitrogens with one attached hydrogen (secondary N) is 1. The van der Waals surface area contributed by atoms with Gasteiger partial charge in [0.05, 0.1) is 0 Å². The van der Waals surface area contributed by atoms with Crippen LogP contribution < -0.4 is 10.2 Å². The summed E-state index contributed by atoms with van der Waals surface area (Å²) in [6.45, 7) is 11.9. The molecule has 1 rings (SSSR count). The van der Waals surface area contributed by atoms with Gasteiger partial charge in [-0.15, -0.1) is 0 Å². The monoisotopic (exact) mass is 264 g/mol. The normalized spacial score (nSPS) is 10.9. The largest absolute Gasteiger partial charge is 0.373 e. The van der Waals surface area contributed by atoms with Gasteiger partial charge in [0.15, 0.2) is 0 Å². The molecule has 0 amide bonds. The minimum absolute atomic E-state index is 0.452. The van der Waals surface area contributed by atoms with Gasteiger partial charge in [0.25, 0.3) is 0 Å². The summed E-state index contributed by atoms with van der Waals surface area (Å²) in [6, 6.07) is 0.452. The Morgan fingerprint density at radius 1 is 1.16 bits per heavy atom. The average Bonchev–Trinajstić information content (AvgIpc) is 2.38. The van der Waals surface area contributed by atoms with E-state index in [1.54, 1.807) is 0 Å². The molecule has 4 nitrogen and oxygen atoms in total. The first kappa shape index (κ1) is 15.7. The Kier molecular flexibility index (Phi) is 6.06. The number of aromatic nitrogens is 2. The van der Waals surface area contributed by atoms with E-state index >= 15 is 0 Å². The van der Waals surface area contributed by atoms with E-state index in [9.17, 15) is 0 Å². The van der Waals surface area contributed by atoms with Crippen molar-refractivity contribution in [2.45, 2.75) is 59.9 Å². The molecule has 0 spiro atoms. The lowest BCUT2D eigenvalue weighted by molar-refractivity contribution is 0.654. The van der Waals surface area contributed by atoms with E-state index in [0.29, 0.717) is 6.04 Å². The van der Waals surface area contributed by atoms with Gasteiger partial charge < -0.3 is 10.2 Å². The Morgan fingerprint density at radius 2 is 1.84 bits per heavy atom. The van der Waals surface area contributed by atoms with Crippen LogP contribution in [0.25, 0.3) is 0 Å². The highest BCUT2D eigenvalue weighted by Gasteiger charge is 2.17. The minimum Gasteiger partial charge on any atom is -0.373 e. The second kappa shape index (κ2) is 7.31. The van der Waals surface area contributed by atoms with Gasteiger partial charge in [-0.1, -0.05) is 13.8 Å². The SMILES string of the molecule is CCCc1nc(NC)c(C)c(N(CCC)C(C)C)n1. The molecule has 0 aliphatic heterocycles. The van der Waals surface area contributed by atoms with E-state index in [0.717, 1.165) is 48.8 Å². The summed E-state index contributed by atoms with van der Waals surface area (Å²) in [5.74, 6) is 2.98. The number of aryl methyl sites for hydroxylation is 1. The van der Waals surface area contributed by atoms with Crippen molar-refractivity contribution < 1.29 is 0 Å². The van der Waals surface area contributed by atoms with Crippen LogP contribution in [-0.2, 0) is 6.42 Å². The van der Waals surface area contributed by atoms with Crippen molar-refractivity contribution in [3.05, 3.63) is 11.4 Å². The quantitative estimate of drug-likeness (QED) is 0.819. The molecule has 0 aliphatic rings. The van der Waals surface area contributed by atoms with E-state index in [-0.39, 0.29) is 0 Å². The topological polar surface area (TPSA) is 41.1 Å². The molecule has 0 bridgehead atoms. The molecule has 1 heterocycles. The van der Waals surface area contributed by atoms with Crippen LogP contribution in [-0.4, -0.2) is 29.6 Å². The zero-order chi connectivity index (χ0) is 14.4. The van der Waals surface area contributed by atoms with E-state index in [1.165, 1.54) is 0 Å². The summed E-state index contributed by atoms with van der Waals surface area (Å²) in [4.78, 5) is 11.8. The molecule has 0 radical (unpaired) electrons. The number of anilines is 2. The number of nitrogens with zero attached hydrogens (tertiary/aromatic N) is 3. The van der Waals surface area contributed by atoms with Gasteiger partial charge in [-0.05, 0) is 33.6 Å². The lowest BCUT2D eigenvalue weighted by atomic mass is 10.2. The third-order valence-corrected chi connectivity index (χ3v) is 3.24. The van der Waals surface area contributed by atoms with Gasteiger partial charge in [-0.2, -0.15) is 0 Å². The fourth-order valence-electron chi connectivity index (χ4n) is 2.26. The second-order valence-corrected chi connectivity index (χ2v) is 5.22. The summed E-state index contributed by atoms with van der Waals surface area (Å²) >= 11 is 0. The highest BCUT2D eigenvalue weighted by Crippen LogP contribution is 2.25. The lowest BCUT2D eigenvalue weighted by Gasteiger charge is -2.29. The summed E-state index contributed by atoms with van der Waals surface area (Å²) in [5.41, 5.74) is 1.14. The van der Waals surface area contributed by atoms with Gasteiger partial charge in [-0.3, -0.25) is 0 Å². The number of hydrogen-bond donors (Lipinski definition) is 1. The first-order valence-corrected chi connectivity index (χ1v) is 7.36. The fraction of sp³-hybridized carbons (Fsp3) is 0.733. The molecule has 0 saturated heterocycles. The van der Waals surface area contributed by atoms with Crippen LogP contribution in [0.3, 0.4) is 0 Å². The predicted molar refractivity (Wildman–Crippen MR) is 83.1 cm³/mol. The van der Waals surface area contributed by atoms with Crippen molar-refractivity contribution >= 4 is 11.6 Å². The maximum atomic E-state index is 4.79. The zero-order valence-electron chi connectivity index (χ0n) is 13.2. The zero-order valence-corrected chi connectivity index (χ0v) is 13.2. The summed E-state index contributed by atoms with van der Waals surface area (Å²) in [6.07, 6.45) is 3.13. The van der Waals surface area contributed by atoms with Crippen molar-refractivity contribution in [2.24, 2.45) is 0 Å².